The molecule has 0 aliphatic rings. The Hall–Kier alpha value is -1.59. The van der Waals surface area contributed by atoms with Gasteiger partial charge in [-0.3, -0.25) is 4.79 Å². The maximum Gasteiger partial charge on any atom is 0.250 e. The van der Waals surface area contributed by atoms with Gasteiger partial charge in [0.15, 0.2) is 0 Å². The number of amides is 1. The average molecular weight is 252 g/mol. The highest BCUT2D eigenvalue weighted by atomic mass is 16.5. The summed E-state index contributed by atoms with van der Waals surface area (Å²) in [5.41, 5.74) is 7.12. The molecule has 0 unspecified atom stereocenters. The first-order valence-corrected chi connectivity index (χ1v) is 5.95. The van der Waals surface area contributed by atoms with E-state index < -0.39 is 0 Å². The Morgan fingerprint density at radius 2 is 2.22 bits per heavy atom. The van der Waals surface area contributed by atoms with Crippen molar-refractivity contribution < 1.29 is 14.3 Å². The standard InChI is InChI=1S/C13H20N2O3/c1-3-6-18-9-13(16)15-11-5-4-10(8-14)7-12(11)17-2/h4-5,7H,3,6,8-9,14H2,1-2H3,(H,15,16). The normalized spacial score (nSPS) is 10.2. The monoisotopic (exact) mass is 252 g/mol. The number of methoxy groups -OCH3 is 1. The van der Waals surface area contributed by atoms with Crippen molar-refractivity contribution in [1.29, 1.82) is 0 Å². The van der Waals surface area contributed by atoms with Gasteiger partial charge in [-0.15, -0.1) is 0 Å². The Kier molecular flexibility index (Phi) is 6.18. The third-order valence-electron chi connectivity index (χ3n) is 2.36. The van der Waals surface area contributed by atoms with Crippen LogP contribution in [0.1, 0.15) is 18.9 Å². The number of rotatable bonds is 7. The van der Waals surface area contributed by atoms with Crippen molar-refractivity contribution in [3.63, 3.8) is 0 Å². The van der Waals surface area contributed by atoms with Crippen molar-refractivity contribution in [1.82, 2.24) is 0 Å². The van der Waals surface area contributed by atoms with Crippen LogP contribution in [0.3, 0.4) is 0 Å². The van der Waals surface area contributed by atoms with Crippen molar-refractivity contribution in [2.75, 3.05) is 25.6 Å². The third-order valence-corrected chi connectivity index (χ3v) is 2.36. The number of carbonyl (C=O) groups is 1. The van der Waals surface area contributed by atoms with E-state index in [1.165, 1.54) is 0 Å². The van der Waals surface area contributed by atoms with Gasteiger partial charge in [-0.05, 0) is 24.1 Å². The van der Waals surface area contributed by atoms with Crippen LogP contribution in [-0.4, -0.2) is 26.2 Å². The van der Waals surface area contributed by atoms with Crippen LogP contribution < -0.4 is 15.8 Å². The lowest BCUT2D eigenvalue weighted by atomic mass is 10.2. The molecule has 0 spiro atoms. The summed E-state index contributed by atoms with van der Waals surface area (Å²) in [5.74, 6) is 0.407. The van der Waals surface area contributed by atoms with E-state index in [1.54, 1.807) is 13.2 Å². The molecule has 5 nitrogen and oxygen atoms in total. The van der Waals surface area contributed by atoms with E-state index in [0.717, 1.165) is 12.0 Å². The van der Waals surface area contributed by atoms with Crippen LogP contribution in [0.2, 0.25) is 0 Å². The first-order chi connectivity index (χ1) is 8.71. The molecule has 100 valence electrons. The Balaban J connectivity index is 2.63. The predicted octanol–water partition coefficient (Wildman–Crippen LogP) is 1.52. The van der Waals surface area contributed by atoms with Crippen LogP contribution in [0.25, 0.3) is 0 Å². The number of hydrogen-bond acceptors (Lipinski definition) is 4. The topological polar surface area (TPSA) is 73.6 Å². The molecule has 0 saturated heterocycles. The van der Waals surface area contributed by atoms with E-state index in [1.807, 2.05) is 19.1 Å². The van der Waals surface area contributed by atoms with Gasteiger partial charge in [0.2, 0.25) is 5.91 Å². The van der Waals surface area contributed by atoms with Crippen molar-refractivity contribution in [2.24, 2.45) is 5.73 Å². The largest absolute Gasteiger partial charge is 0.495 e. The highest BCUT2D eigenvalue weighted by molar-refractivity contribution is 5.93. The summed E-state index contributed by atoms with van der Waals surface area (Å²) in [6, 6.07) is 5.44. The molecule has 1 aromatic carbocycles. The van der Waals surface area contributed by atoms with Gasteiger partial charge in [-0.2, -0.15) is 0 Å². The van der Waals surface area contributed by atoms with Crippen molar-refractivity contribution in [2.45, 2.75) is 19.9 Å². The fourth-order valence-corrected chi connectivity index (χ4v) is 1.46. The number of carbonyl (C=O) groups excluding carboxylic acids is 1. The maximum absolute atomic E-state index is 11.6. The molecule has 0 aliphatic heterocycles. The van der Waals surface area contributed by atoms with Gasteiger partial charge < -0.3 is 20.5 Å². The van der Waals surface area contributed by atoms with Gasteiger partial charge >= 0.3 is 0 Å². The lowest BCUT2D eigenvalue weighted by Crippen LogP contribution is -2.19. The molecule has 1 amide bonds. The van der Waals surface area contributed by atoms with E-state index >= 15 is 0 Å². The first-order valence-electron chi connectivity index (χ1n) is 5.95. The van der Waals surface area contributed by atoms with Crippen LogP contribution in [0.4, 0.5) is 5.69 Å². The Labute approximate surface area is 107 Å². The zero-order valence-electron chi connectivity index (χ0n) is 10.9. The summed E-state index contributed by atoms with van der Waals surface area (Å²) in [6.45, 7) is 3.06. The summed E-state index contributed by atoms with van der Waals surface area (Å²) >= 11 is 0. The average Bonchev–Trinajstić information content (AvgIpc) is 2.39. The Morgan fingerprint density at radius 1 is 1.44 bits per heavy atom. The molecule has 0 atom stereocenters. The molecule has 0 aromatic heterocycles. The maximum atomic E-state index is 11.6. The van der Waals surface area contributed by atoms with Crippen LogP contribution in [0.15, 0.2) is 18.2 Å². The highest BCUT2D eigenvalue weighted by Crippen LogP contribution is 2.25. The molecule has 18 heavy (non-hydrogen) atoms. The van der Waals surface area contributed by atoms with E-state index in [-0.39, 0.29) is 12.5 Å². The molecule has 1 rings (SSSR count). The predicted molar refractivity (Wildman–Crippen MR) is 70.6 cm³/mol. The van der Waals surface area contributed by atoms with E-state index in [4.69, 9.17) is 15.2 Å². The lowest BCUT2D eigenvalue weighted by Gasteiger charge is -2.11. The highest BCUT2D eigenvalue weighted by Gasteiger charge is 2.08. The SMILES string of the molecule is CCCOCC(=O)Nc1ccc(CN)cc1OC. The van der Waals surface area contributed by atoms with Gasteiger partial charge in [0, 0.05) is 13.2 Å². The second kappa shape index (κ2) is 7.68. The van der Waals surface area contributed by atoms with Crippen LogP contribution in [-0.2, 0) is 16.1 Å². The molecule has 5 heteroatoms. The summed E-state index contributed by atoms with van der Waals surface area (Å²) < 4.78 is 10.4. The Morgan fingerprint density at radius 3 is 2.83 bits per heavy atom. The second-order valence-electron chi connectivity index (χ2n) is 3.84. The molecule has 0 heterocycles. The molecule has 1 aromatic rings. The lowest BCUT2D eigenvalue weighted by molar-refractivity contribution is -0.120. The van der Waals surface area contributed by atoms with Gasteiger partial charge in [0.1, 0.15) is 12.4 Å². The number of nitrogens with two attached hydrogens (primary N) is 1. The van der Waals surface area contributed by atoms with E-state index in [9.17, 15) is 4.79 Å². The third kappa shape index (κ3) is 4.35. The van der Waals surface area contributed by atoms with Gasteiger partial charge in [0.25, 0.3) is 0 Å². The molecular formula is C13H20N2O3. The quantitative estimate of drug-likeness (QED) is 0.722. The zero-order valence-corrected chi connectivity index (χ0v) is 10.9. The molecule has 0 saturated carbocycles. The number of hydrogen-bond donors (Lipinski definition) is 2. The number of benzene rings is 1. The molecule has 3 N–H and O–H groups in total. The van der Waals surface area contributed by atoms with Crippen LogP contribution in [0, 0.1) is 0 Å². The zero-order chi connectivity index (χ0) is 13.4. The van der Waals surface area contributed by atoms with Gasteiger partial charge in [0.05, 0.1) is 12.8 Å². The van der Waals surface area contributed by atoms with E-state index in [2.05, 4.69) is 5.32 Å². The molecule has 0 fully saturated rings. The fraction of sp³-hybridized carbons (Fsp3) is 0.462. The second-order valence-corrected chi connectivity index (χ2v) is 3.84. The van der Waals surface area contributed by atoms with Crippen LogP contribution >= 0.6 is 0 Å². The summed E-state index contributed by atoms with van der Waals surface area (Å²) in [6.07, 6.45) is 0.891. The van der Waals surface area contributed by atoms with Crippen LogP contribution in [0.5, 0.6) is 5.75 Å². The smallest absolute Gasteiger partial charge is 0.250 e. The van der Waals surface area contributed by atoms with Gasteiger partial charge in [-0.1, -0.05) is 13.0 Å². The summed E-state index contributed by atoms with van der Waals surface area (Å²) in [5, 5.41) is 2.74. The van der Waals surface area contributed by atoms with Crippen molar-refractivity contribution in [3.8, 4) is 5.75 Å². The summed E-state index contributed by atoms with van der Waals surface area (Å²) in [4.78, 5) is 11.6. The molecule has 0 bridgehead atoms. The number of nitrogens with one attached hydrogen (secondary N) is 1. The van der Waals surface area contributed by atoms with Crippen molar-refractivity contribution >= 4 is 11.6 Å². The van der Waals surface area contributed by atoms with E-state index in [0.29, 0.717) is 24.6 Å². The molecule has 0 radical (unpaired) electrons. The summed E-state index contributed by atoms with van der Waals surface area (Å²) in [7, 11) is 1.55. The van der Waals surface area contributed by atoms with Gasteiger partial charge in [-0.25, -0.2) is 0 Å². The minimum Gasteiger partial charge on any atom is -0.495 e. The first kappa shape index (κ1) is 14.5. The minimum atomic E-state index is -0.192. The molecular weight excluding hydrogens is 232 g/mol. The molecule has 0 aliphatic carbocycles. The number of anilines is 1. The van der Waals surface area contributed by atoms with Crippen molar-refractivity contribution in [3.05, 3.63) is 23.8 Å². The fourth-order valence-electron chi connectivity index (χ4n) is 1.46. The Bertz CT molecular complexity index is 394. The minimum absolute atomic E-state index is 0.0512. The number of ether oxygens (including phenoxy) is 2.